The minimum absolute atomic E-state index is 0.0778. The van der Waals surface area contributed by atoms with Crippen molar-refractivity contribution in [2.75, 3.05) is 24.7 Å². The van der Waals surface area contributed by atoms with E-state index in [-0.39, 0.29) is 10.6 Å². The van der Waals surface area contributed by atoms with Gasteiger partial charge < -0.3 is 20.1 Å². The third kappa shape index (κ3) is 3.12. The monoisotopic (exact) mass is 394 g/mol. The first-order valence-electron chi connectivity index (χ1n) is 7.83. The van der Waals surface area contributed by atoms with Gasteiger partial charge in [0.2, 0.25) is 0 Å². The number of carbonyl (C=O) groups is 2. The number of carboxylic acids is 2. The summed E-state index contributed by atoms with van der Waals surface area (Å²) in [5.74, 6) is -2.96. The maximum absolute atomic E-state index is 12.2. The quantitative estimate of drug-likeness (QED) is 0.713. The number of fused-ring (bicyclic) bond motifs is 1. The van der Waals surface area contributed by atoms with E-state index in [1.165, 1.54) is 11.8 Å². The van der Waals surface area contributed by atoms with E-state index in [1.54, 1.807) is 0 Å². The molecule has 7 nitrogen and oxygen atoms in total. The highest BCUT2D eigenvalue weighted by Crippen LogP contribution is 2.54. The summed E-state index contributed by atoms with van der Waals surface area (Å²) in [5.41, 5.74) is 0.116. The van der Waals surface area contributed by atoms with E-state index in [4.69, 9.17) is 0 Å². The van der Waals surface area contributed by atoms with Crippen molar-refractivity contribution in [3.8, 4) is 0 Å². The van der Waals surface area contributed by atoms with Gasteiger partial charge >= 0.3 is 16.8 Å². The second-order valence-corrected chi connectivity index (χ2v) is 8.45. The molecule has 1 aromatic carbocycles. The zero-order chi connectivity index (χ0) is 19.1. The molecule has 0 bridgehead atoms. The van der Waals surface area contributed by atoms with Gasteiger partial charge in [0, 0.05) is 36.3 Å². The first kappa shape index (κ1) is 18.5. The molecule has 3 rings (SSSR count). The summed E-state index contributed by atoms with van der Waals surface area (Å²) in [6.07, 6.45) is -0.513. The topological polar surface area (TPSA) is 111 Å². The van der Waals surface area contributed by atoms with Gasteiger partial charge in [0.25, 0.3) is 0 Å². The molecule has 0 saturated carbocycles. The van der Waals surface area contributed by atoms with E-state index in [1.807, 2.05) is 43.3 Å². The number of thiazole rings is 1. The van der Waals surface area contributed by atoms with Gasteiger partial charge in [-0.15, -0.1) is 11.8 Å². The van der Waals surface area contributed by atoms with Crippen LogP contribution < -0.4 is 9.77 Å². The summed E-state index contributed by atoms with van der Waals surface area (Å²) in [6, 6.07) is 7.34. The SMILES string of the molecule is CN(C)c1ccc([C@H]2c3sc(=O)[nH]c3SC[C@]2(CC(=O)O)C(=O)O)cc1. The molecule has 2 heterocycles. The summed E-state index contributed by atoms with van der Waals surface area (Å²) in [4.78, 5) is 40.5. The van der Waals surface area contributed by atoms with Crippen LogP contribution in [0.15, 0.2) is 34.1 Å². The Morgan fingerprint density at radius 3 is 2.46 bits per heavy atom. The van der Waals surface area contributed by atoms with Crippen LogP contribution in [0.2, 0.25) is 0 Å². The molecule has 3 N–H and O–H groups in total. The van der Waals surface area contributed by atoms with Crippen LogP contribution in [-0.4, -0.2) is 47.0 Å². The van der Waals surface area contributed by atoms with Crippen molar-refractivity contribution < 1.29 is 19.8 Å². The number of aromatic nitrogens is 1. The second kappa shape index (κ2) is 6.81. The van der Waals surface area contributed by atoms with Crippen molar-refractivity contribution in [3.63, 3.8) is 0 Å². The Hall–Kier alpha value is -2.26. The Morgan fingerprint density at radius 1 is 1.27 bits per heavy atom. The van der Waals surface area contributed by atoms with Crippen LogP contribution in [0, 0.1) is 5.41 Å². The van der Waals surface area contributed by atoms with Crippen LogP contribution in [0.5, 0.6) is 0 Å². The molecule has 1 aliphatic rings. The Bertz CT molecular complexity index is 903. The Morgan fingerprint density at radius 2 is 1.92 bits per heavy atom. The molecule has 0 saturated heterocycles. The zero-order valence-electron chi connectivity index (χ0n) is 14.2. The molecule has 26 heavy (non-hydrogen) atoms. The fourth-order valence-electron chi connectivity index (χ4n) is 3.28. The first-order valence-corrected chi connectivity index (χ1v) is 9.63. The molecule has 0 fully saturated rings. The summed E-state index contributed by atoms with van der Waals surface area (Å²) in [6.45, 7) is 0. The number of aliphatic carboxylic acids is 2. The fraction of sp³-hybridized carbons (Fsp3) is 0.353. The van der Waals surface area contributed by atoms with Crippen LogP contribution in [0.1, 0.15) is 22.8 Å². The Kier molecular flexibility index (Phi) is 4.85. The lowest BCUT2D eigenvalue weighted by Crippen LogP contribution is -2.44. The molecular formula is C17H18N2O5S2. The molecule has 0 radical (unpaired) electrons. The van der Waals surface area contributed by atoms with Crippen molar-refractivity contribution in [2.45, 2.75) is 17.4 Å². The number of nitrogens with zero attached hydrogens (tertiary/aromatic N) is 1. The molecule has 138 valence electrons. The van der Waals surface area contributed by atoms with Crippen molar-refractivity contribution in [3.05, 3.63) is 44.4 Å². The molecule has 9 heteroatoms. The first-order chi connectivity index (χ1) is 12.2. The van der Waals surface area contributed by atoms with Gasteiger partial charge in [0.1, 0.15) is 0 Å². The number of aromatic amines is 1. The number of anilines is 1. The minimum atomic E-state index is -1.52. The maximum atomic E-state index is 12.2. The van der Waals surface area contributed by atoms with E-state index >= 15 is 0 Å². The largest absolute Gasteiger partial charge is 0.481 e. The second-order valence-electron chi connectivity index (χ2n) is 6.45. The van der Waals surface area contributed by atoms with Crippen molar-refractivity contribution >= 4 is 40.7 Å². The lowest BCUT2D eigenvalue weighted by atomic mass is 9.70. The van der Waals surface area contributed by atoms with E-state index in [9.17, 15) is 24.6 Å². The standard InChI is InChI=1S/C17H18N2O5S2/c1-19(2)10-5-3-9(4-6-10)12-13-14(18-16(24)26-13)25-8-17(12,15(22)23)7-11(20)21/h3-6,12H,7-8H2,1-2H3,(H,18,24)(H,20,21)(H,22,23)/t12-,17-/m0/s1. The van der Waals surface area contributed by atoms with E-state index in [0.717, 1.165) is 17.0 Å². The van der Waals surface area contributed by atoms with E-state index in [2.05, 4.69) is 4.98 Å². The van der Waals surface area contributed by atoms with Gasteiger partial charge in [-0.3, -0.25) is 14.4 Å². The average molecular weight is 394 g/mol. The summed E-state index contributed by atoms with van der Waals surface area (Å²) in [7, 11) is 3.79. The van der Waals surface area contributed by atoms with E-state index in [0.29, 0.717) is 15.5 Å². The summed E-state index contributed by atoms with van der Waals surface area (Å²) < 4.78 is 0. The number of H-pyrrole nitrogens is 1. The van der Waals surface area contributed by atoms with E-state index < -0.39 is 29.7 Å². The van der Waals surface area contributed by atoms with Crippen LogP contribution in [-0.2, 0) is 9.59 Å². The van der Waals surface area contributed by atoms with Gasteiger partial charge in [-0.1, -0.05) is 23.5 Å². The number of rotatable bonds is 5. The van der Waals surface area contributed by atoms with Crippen LogP contribution in [0.4, 0.5) is 5.69 Å². The molecule has 1 aliphatic heterocycles. The maximum Gasteiger partial charge on any atom is 0.312 e. The number of carboxylic acid groups (broad SMARTS) is 2. The molecule has 1 aromatic heterocycles. The normalized spacial score (nSPS) is 21.8. The van der Waals surface area contributed by atoms with Gasteiger partial charge in [0.15, 0.2) is 0 Å². The number of nitrogens with one attached hydrogen (secondary N) is 1. The highest BCUT2D eigenvalue weighted by atomic mass is 32.2. The van der Waals surface area contributed by atoms with Gasteiger partial charge in [-0.05, 0) is 17.7 Å². The Balaban J connectivity index is 2.20. The predicted octanol–water partition coefficient (Wildman–Crippen LogP) is 2.29. The highest BCUT2D eigenvalue weighted by Gasteiger charge is 2.53. The fourth-order valence-corrected chi connectivity index (χ4v) is 5.84. The smallest absolute Gasteiger partial charge is 0.312 e. The summed E-state index contributed by atoms with van der Waals surface area (Å²) >= 11 is 2.15. The number of hydrogen-bond donors (Lipinski definition) is 3. The lowest BCUT2D eigenvalue weighted by molar-refractivity contribution is -0.155. The third-order valence-electron chi connectivity index (χ3n) is 4.57. The molecule has 0 aliphatic carbocycles. The van der Waals surface area contributed by atoms with Crippen LogP contribution in [0.25, 0.3) is 0 Å². The molecule has 2 atom stereocenters. The van der Waals surface area contributed by atoms with Crippen molar-refractivity contribution in [2.24, 2.45) is 5.41 Å². The summed E-state index contributed by atoms with van der Waals surface area (Å²) in [5, 5.41) is 20.0. The highest BCUT2D eigenvalue weighted by molar-refractivity contribution is 7.99. The Labute approximate surface area is 157 Å². The van der Waals surface area contributed by atoms with Crippen LogP contribution in [0.3, 0.4) is 0 Å². The van der Waals surface area contributed by atoms with Crippen molar-refractivity contribution in [1.82, 2.24) is 4.98 Å². The molecule has 2 aromatic rings. The number of hydrogen-bond acceptors (Lipinski definition) is 6. The predicted molar refractivity (Wildman–Crippen MR) is 101 cm³/mol. The minimum Gasteiger partial charge on any atom is -0.481 e. The molecule has 0 unspecified atom stereocenters. The molecule has 0 amide bonds. The average Bonchev–Trinajstić information content (AvgIpc) is 2.94. The third-order valence-corrected chi connectivity index (χ3v) is 6.91. The van der Waals surface area contributed by atoms with Gasteiger partial charge in [0.05, 0.1) is 16.9 Å². The van der Waals surface area contributed by atoms with Crippen LogP contribution >= 0.6 is 23.1 Å². The molecule has 0 spiro atoms. The number of benzene rings is 1. The zero-order valence-corrected chi connectivity index (χ0v) is 15.8. The van der Waals surface area contributed by atoms with Gasteiger partial charge in [-0.2, -0.15) is 0 Å². The number of thioether (sulfide) groups is 1. The van der Waals surface area contributed by atoms with Crippen molar-refractivity contribution in [1.29, 1.82) is 0 Å². The lowest BCUT2D eigenvalue weighted by Gasteiger charge is -2.39. The molecular weight excluding hydrogens is 376 g/mol. The van der Waals surface area contributed by atoms with Gasteiger partial charge in [-0.25, -0.2) is 0 Å².